The Hall–Kier alpha value is -2.70. The van der Waals surface area contributed by atoms with Gasteiger partial charge in [-0.1, -0.05) is 50.0 Å². The first-order valence-electron chi connectivity index (χ1n) is 10.4. The summed E-state index contributed by atoms with van der Waals surface area (Å²) < 4.78 is 10.6. The Balaban J connectivity index is 1.43. The van der Waals surface area contributed by atoms with Crippen LogP contribution in [0, 0.1) is 11.8 Å². The van der Waals surface area contributed by atoms with Crippen molar-refractivity contribution < 1.29 is 18.8 Å². The molecular formula is C22H27N3O4. The van der Waals surface area contributed by atoms with Gasteiger partial charge in [0.25, 0.3) is 5.89 Å². The monoisotopic (exact) mass is 397 g/mol. The van der Waals surface area contributed by atoms with Crippen LogP contribution in [0.4, 0.5) is 5.69 Å². The largest absolute Gasteiger partial charge is 0.455 e. The zero-order chi connectivity index (χ0) is 20.4. The summed E-state index contributed by atoms with van der Waals surface area (Å²) in [6.07, 6.45) is 4.13. The number of esters is 1. The van der Waals surface area contributed by atoms with Crippen molar-refractivity contribution in [1.29, 1.82) is 0 Å². The molecule has 154 valence electrons. The molecule has 1 aromatic heterocycles. The van der Waals surface area contributed by atoms with Crippen molar-refractivity contribution >= 4 is 17.6 Å². The van der Waals surface area contributed by atoms with E-state index in [-0.39, 0.29) is 36.2 Å². The molecule has 0 N–H and O–H groups in total. The molecule has 2 aliphatic rings. The van der Waals surface area contributed by atoms with Crippen LogP contribution in [0.3, 0.4) is 0 Å². The van der Waals surface area contributed by atoms with Crippen LogP contribution in [0.5, 0.6) is 0 Å². The third-order valence-corrected chi connectivity index (χ3v) is 5.88. The summed E-state index contributed by atoms with van der Waals surface area (Å²) >= 11 is 0. The number of hydrogen-bond acceptors (Lipinski definition) is 6. The van der Waals surface area contributed by atoms with Gasteiger partial charge in [0.1, 0.15) is 0 Å². The lowest BCUT2D eigenvalue weighted by molar-refractivity contribution is -0.156. The summed E-state index contributed by atoms with van der Waals surface area (Å²) in [7, 11) is 0. The van der Waals surface area contributed by atoms with E-state index in [0.717, 1.165) is 31.4 Å². The van der Waals surface area contributed by atoms with E-state index in [1.165, 1.54) is 5.56 Å². The average Bonchev–Trinajstić information content (AvgIpc) is 3.39. The number of anilines is 1. The number of nitrogens with zero attached hydrogens (tertiary/aromatic N) is 3. The number of carbonyl (C=O) groups excluding carboxylic acids is 2. The van der Waals surface area contributed by atoms with Gasteiger partial charge in [0.2, 0.25) is 5.91 Å². The number of rotatable bonds is 5. The Morgan fingerprint density at radius 3 is 2.72 bits per heavy atom. The van der Waals surface area contributed by atoms with E-state index in [9.17, 15) is 9.59 Å². The maximum absolute atomic E-state index is 13.3. The predicted molar refractivity (Wildman–Crippen MR) is 106 cm³/mol. The van der Waals surface area contributed by atoms with Gasteiger partial charge >= 0.3 is 5.97 Å². The van der Waals surface area contributed by atoms with Crippen LogP contribution in [0.2, 0.25) is 0 Å². The molecule has 1 aromatic carbocycles. The highest BCUT2D eigenvalue weighted by Crippen LogP contribution is 2.36. The van der Waals surface area contributed by atoms with E-state index in [1.807, 2.05) is 36.9 Å². The first-order chi connectivity index (χ1) is 14.0. The van der Waals surface area contributed by atoms with Crippen molar-refractivity contribution in [2.24, 2.45) is 11.8 Å². The Morgan fingerprint density at radius 2 is 1.97 bits per heavy atom. The van der Waals surface area contributed by atoms with Crippen LogP contribution in [0.15, 0.2) is 28.8 Å². The highest BCUT2D eigenvalue weighted by Gasteiger charge is 2.40. The van der Waals surface area contributed by atoms with Gasteiger partial charge in [0.05, 0.1) is 11.8 Å². The molecule has 4 rings (SSSR count). The first-order valence-corrected chi connectivity index (χ1v) is 10.4. The predicted octanol–water partition coefficient (Wildman–Crippen LogP) is 3.63. The van der Waals surface area contributed by atoms with E-state index >= 15 is 0 Å². The molecule has 0 saturated heterocycles. The minimum absolute atomic E-state index is 0.0384. The summed E-state index contributed by atoms with van der Waals surface area (Å²) in [5.74, 6) is -0.0420. The molecule has 0 radical (unpaired) electrons. The molecule has 2 aromatic rings. The van der Waals surface area contributed by atoms with Gasteiger partial charge in [-0.25, -0.2) is 0 Å². The third kappa shape index (κ3) is 4.04. The van der Waals surface area contributed by atoms with Gasteiger partial charge < -0.3 is 14.2 Å². The normalized spacial score (nSPS) is 21.3. The molecule has 2 unspecified atom stereocenters. The third-order valence-electron chi connectivity index (χ3n) is 5.88. The number of hydrogen-bond donors (Lipinski definition) is 0. The number of ether oxygens (including phenoxy) is 1. The second-order valence-corrected chi connectivity index (χ2v) is 8.17. The van der Waals surface area contributed by atoms with Crippen molar-refractivity contribution in [1.82, 2.24) is 10.1 Å². The lowest BCUT2D eigenvalue weighted by atomic mass is 9.78. The molecule has 0 bridgehead atoms. The number of benzene rings is 1. The summed E-state index contributed by atoms with van der Waals surface area (Å²) in [6, 6.07) is 7.99. The van der Waals surface area contributed by atoms with E-state index < -0.39 is 5.92 Å². The molecule has 29 heavy (non-hydrogen) atoms. The van der Waals surface area contributed by atoms with Gasteiger partial charge in [-0.2, -0.15) is 4.98 Å². The minimum atomic E-state index is -0.420. The van der Waals surface area contributed by atoms with Gasteiger partial charge in [0.15, 0.2) is 12.4 Å². The lowest BCUT2D eigenvalue weighted by Gasteiger charge is -2.32. The lowest BCUT2D eigenvalue weighted by Crippen LogP contribution is -2.42. The van der Waals surface area contributed by atoms with Crippen LogP contribution in [-0.2, 0) is 27.4 Å². The molecule has 1 aliphatic heterocycles. The Morgan fingerprint density at radius 1 is 1.21 bits per heavy atom. The van der Waals surface area contributed by atoms with Crippen molar-refractivity contribution in [3.63, 3.8) is 0 Å². The molecule has 0 spiro atoms. The fourth-order valence-electron chi connectivity index (χ4n) is 4.28. The number of fused-ring (bicyclic) bond motifs is 1. The minimum Gasteiger partial charge on any atom is -0.455 e. The zero-order valence-electron chi connectivity index (χ0n) is 17.0. The summed E-state index contributed by atoms with van der Waals surface area (Å²) in [5.41, 5.74) is 2.16. The summed E-state index contributed by atoms with van der Waals surface area (Å²) in [6.45, 7) is 4.56. The maximum Gasteiger partial charge on any atom is 0.310 e. The van der Waals surface area contributed by atoms with Crippen molar-refractivity contribution in [3.05, 3.63) is 41.5 Å². The van der Waals surface area contributed by atoms with Crippen LogP contribution in [0.25, 0.3) is 0 Å². The molecule has 2 heterocycles. The average molecular weight is 397 g/mol. The number of aromatic nitrogens is 2. The van der Waals surface area contributed by atoms with Gasteiger partial charge in [0, 0.05) is 18.2 Å². The van der Waals surface area contributed by atoms with Gasteiger partial charge in [-0.3, -0.25) is 9.59 Å². The SMILES string of the molecule is CC(C)c1noc(COC(=O)C2CCCCC2C(=O)N2CCc3ccccc32)n1. The topological polar surface area (TPSA) is 85.5 Å². The molecule has 1 saturated carbocycles. The Labute approximate surface area is 170 Å². The molecule has 1 fully saturated rings. The van der Waals surface area contributed by atoms with E-state index in [0.29, 0.717) is 18.8 Å². The van der Waals surface area contributed by atoms with Crippen molar-refractivity contribution in [2.45, 2.75) is 58.5 Å². The second kappa shape index (κ2) is 8.35. The molecule has 1 amide bonds. The quantitative estimate of drug-likeness (QED) is 0.716. The molecule has 1 aliphatic carbocycles. The molecule has 7 heteroatoms. The zero-order valence-corrected chi connectivity index (χ0v) is 17.0. The number of para-hydroxylation sites is 1. The van der Waals surface area contributed by atoms with Crippen LogP contribution in [0.1, 0.15) is 62.7 Å². The first kappa shape index (κ1) is 19.6. The van der Waals surface area contributed by atoms with Crippen molar-refractivity contribution in [3.8, 4) is 0 Å². The highest BCUT2D eigenvalue weighted by molar-refractivity contribution is 5.99. The van der Waals surface area contributed by atoms with Crippen LogP contribution in [-0.4, -0.2) is 28.6 Å². The van der Waals surface area contributed by atoms with E-state index in [2.05, 4.69) is 16.2 Å². The van der Waals surface area contributed by atoms with Gasteiger partial charge in [-0.05, 0) is 30.9 Å². The van der Waals surface area contributed by atoms with E-state index in [4.69, 9.17) is 9.26 Å². The van der Waals surface area contributed by atoms with Crippen LogP contribution < -0.4 is 4.90 Å². The molecule has 2 atom stereocenters. The summed E-state index contributed by atoms with van der Waals surface area (Å²) in [4.78, 5) is 32.2. The smallest absolute Gasteiger partial charge is 0.310 e. The highest BCUT2D eigenvalue weighted by atomic mass is 16.6. The molecule has 7 nitrogen and oxygen atoms in total. The van der Waals surface area contributed by atoms with Crippen molar-refractivity contribution in [2.75, 3.05) is 11.4 Å². The maximum atomic E-state index is 13.3. The number of carbonyl (C=O) groups is 2. The number of amides is 1. The van der Waals surface area contributed by atoms with Gasteiger partial charge in [-0.15, -0.1) is 0 Å². The standard InChI is InChI=1S/C22H27N3O4/c1-14(2)20-23-19(29-24-20)13-28-22(27)17-9-5-4-8-16(17)21(26)25-12-11-15-7-3-6-10-18(15)25/h3,6-7,10,14,16-17H,4-5,8-9,11-13H2,1-2H3. The summed E-state index contributed by atoms with van der Waals surface area (Å²) in [5, 5.41) is 3.88. The fourth-order valence-corrected chi connectivity index (χ4v) is 4.28. The van der Waals surface area contributed by atoms with Crippen LogP contribution >= 0.6 is 0 Å². The molecular weight excluding hydrogens is 370 g/mol. The second-order valence-electron chi connectivity index (χ2n) is 8.17. The Bertz CT molecular complexity index is 892. The Kier molecular flexibility index (Phi) is 5.65. The van der Waals surface area contributed by atoms with E-state index in [1.54, 1.807) is 0 Å². The fraction of sp³-hybridized carbons (Fsp3) is 0.545.